The van der Waals surface area contributed by atoms with E-state index in [1.807, 2.05) is 36.4 Å². The van der Waals surface area contributed by atoms with Crippen molar-refractivity contribution in [2.75, 3.05) is 18.8 Å². The fraction of sp³-hybridized carbons (Fsp3) is 0.280. The number of hydrogen-bond donors (Lipinski definition) is 2. The van der Waals surface area contributed by atoms with Crippen molar-refractivity contribution in [1.82, 2.24) is 35.6 Å². The molecule has 1 aliphatic heterocycles. The van der Waals surface area contributed by atoms with Gasteiger partial charge in [0.25, 0.3) is 5.91 Å². The number of hydrazone groups is 1. The van der Waals surface area contributed by atoms with Crippen molar-refractivity contribution in [1.29, 1.82) is 0 Å². The van der Waals surface area contributed by atoms with Crippen LogP contribution < -0.4 is 11.2 Å². The van der Waals surface area contributed by atoms with Crippen LogP contribution in [0.4, 0.5) is 5.82 Å². The number of anilines is 1. The first-order chi connectivity index (χ1) is 17.7. The third-order valence-corrected chi connectivity index (χ3v) is 6.30. The maximum absolute atomic E-state index is 13.0. The molecule has 11 nitrogen and oxygen atoms in total. The molecule has 1 fully saturated rings. The number of carbonyl (C=O) groups is 1. The van der Waals surface area contributed by atoms with Gasteiger partial charge < -0.3 is 5.73 Å². The summed E-state index contributed by atoms with van der Waals surface area (Å²) in [5.41, 5.74) is 11.4. The minimum absolute atomic E-state index is 0.0665. The number of rotatable bonds is 8. The first-order valence-electron chi connectivity index (χ1n) is 11.8. The van der Waals surface area contributed by atoms with Crippen molar-refractivity contribution in [2.45, 2.75) is 25.8 Å². The topological polar surface area (TPSA) is 140 Å². The number of nitrogen functional groups attached to an aromatic ring is 1. The summed E-state index contributed by atoms with van der Waals surface area (Å²) in [6.07, 6.45) is 4.77. The lowest BCUT2D eigenvalue weighted by atomic mass is 9.90. The molecule has 0 bridgehead atoms. The van der Waals surface area contributed by atoms with E-state index in [0.29, 0.717) is 18.2 Å². The van der Waals surface area contributed by atoms with E-state index >= 15 is 0 Å². The molecule has 1 amide bonds. The van der Waals surface area contributed by atoms with Gasteiger partial charge in [-0.1, -0.05) is 65.9 Å². The molecular weight excluding hydrogens is 458 g/mol. The predicted molar refractivity (Wildman–Crippen MR) is 133 cm³/mol. The van der Waals surface area contributed by atoms with Crippen molar-refractivity contribution in [3.63, 3.8) is 0 Å². The lowest BCUT2D eigenvalue weighted by molar-refractivity contribution is 0.0946. The summed E-state index contributed by atoms with van der Waals surface area (Å²) >= 11 is 0. The molecule has 1 saturated heterocycles. The number of benzene rings is 2. The highest BCUT2D eigenvalue weighted by atomic mass is 16.6. The lowest BCUT2D eigenvalue weighted by Crippen LogP contribution is -2.35. The van der Waals surface area contributed by atoms with Gasteiger partial charge in [0.1, 0.15) is 0 Å². The van der Waals surface area contributed by atoms with Crippen LogP contribution in [-0.2, 0) is 13.0 Å². The van der Waals surface area contributed by atoms with Gasteiger partial charge in [-0.3, -0.25) is 9.69 Å². The van der Waals surface area contributed by atoms with Gasteiger partial charge in [0.05, 0.1) is 11.9 Å². The highest BCUT2D eigenvalue weighted by Gasteiger charge is 2.27. The number of likely N-dealkylation sites (tertiary alicyclic amines) is 1. The standard InChI is InChI=1S/C25H27N9O2/c26-23-24(31-36-30-23)34-21(17-33-13-11-19(12-14-33)15-18-7-3-1-4-8-18)22(28-32-34)25(35)29-27-16-20-9-5-2-6-10-20/h1-10,16,19H,11-15,17H2,(H2,26,30)(H,29,35)/b27-16+. The SMILES string of the molecule is Nc1nonc1-n1nnc(C(=O)N/N=C/c2ccccc2)c1CN1CCC(Cc2ccccc2)CC1. The molecule has 1 aliphatic rings. The van der Waals surface area contributed by atoms with Crippen LogP contribution in [0.15, 0.2) is 70.4 Å². The number of hydrogen-bond acceptors (Lipinski definition) is 9. The number of carbonyl (C=O) groups excluding carboxylic acids is 1. The Morgan fingerprint density at radius 2 is 1.81 bits per heavy atom. The van der Waals surface area contributed by atoms with Crippen LogP contribution in [0.3, 0.4) is 0 Å². The second-order valence-electron chi connectivity index (χ2n) is 8.79. The number of aromatic nitrogens is 5. The molecule has 0 spiro atoms. The summed E-state index contributed by atoms with van der Waals surface area (Å²) in [5, 5.41) is 19.8. The van der Waals surface area contributed by atoms with Crippen LogP contribution in [0.5, 0.6) is 0 Å². The van der Waals surface area contributed by atoms with Crippen LogP contribution in [-0.4, -0.2) is 55.4 Å². The minimum Gasteiger partial charge on any atom is -0.378 e. The van der Waals surface area contributed by atoms with Crippen LogP contribution in [0.1, 0.15) is 40.2 Å². The summed E-state index contributed by atoms with van der Waals surface area (Å²) in [5.74, 6) is 0.412. The van der Waals surface area contributed by atoms with Crippen molar-refractivity contribution < 1.29 is 9.42 Å². The van der Waals surface area contributed by atoms with Crippen LogP contribution in [0, 0.1) is 5.92 Å². The third kappa shape index (κ3) is 5.47. The molecule has 2 aromatic carbocycles. The predicted octanol–water partition coefficient (Wildman–Crippen LogP) is 2.45. The number of amides is 1. The van der Waals surface area contributed by atoms with E-state index in [2.05, 4.69) is 60.3 Å². The van der Waals surface area contributed by atoms with Crippen LogP contribution in [0.25, 0.3) is 5.82 Å². The largest absolute Gasteiger partial charge is 0.378 e. The van der Waals surface area contributed by atoms with Gasteiger partial charge in [-0.05, 0) is 59.7 Å². The van der Waals surface area contributed by atoms with Gasteiger partial charge in [-0.15, -0.1) is 5.10 Å². The van der Waals surface area contributed by atoms with Crippen molar-refractivity contribution in [2.24, 2.45) is 11.0 Å². The fourth-order valence-corrected chi connectivity index (χ4v) is 4.39. The molecule has 11 heteroatoms. The molecular formula is C25H27N9O2. The maximum atomic E-state index is 13.0. The van der Waals surface area contributed by atoms with E-state index in [0.717, 1.165) is 37.9 Å². The Labute approximate surface area is 207 Å². The normalized spacial score (nSPS) is 14.9. The highest BCUT2D eigenvalue weighted by molar-refractivity contribution is 5.94. The Bertz CT molecular complexity index is 1310. The molecule has 0 unspecified atom stereocenters. The van der Waals surface area contributed by atoms with Crippen LogP contribution in [0.2, 0.25) is 0 Å². The number of nitrogens with two attached hydrogens (primary N) is 1. The van der Waals surface area contributed by atoms with Crippen molar-refractivity contribution in [3.05, 3.63) is 83.2 Å². The monoisotopic (exact) mass is 485 g/mol. The van der Waals surface area contributed by atoms with Gasteiger partial charge in [-0.25, -0.2) is 10.1 Å². The summed E-state index contributed by atoms with van der Waals surface area (Å²) < 4.78 is 6.16. The Kier molecular flexibility index (Phi) is 7.08. The van der Waals surface area contributed by atoms with E-state index in [1.165, 1.54) is 10.2 Å². The second-order valence-corrected chi connectivity index (χ2v) is 8.79. The maximum Gasteiger partial charge on any atom is 0.293 e. The molecule has 0 atom stereocenters. The second kappa shape index (κ2) is 10.9. The molecule has 5 rings (SSSR count). The first kappa shape index (κ1) is 23.4. The minimum atomic E-state index is -0.475. The zero-order valence-corrected chi connectivity index (χ0v) is 19.7. The Morgan fingerprint density at radius 3 is 2.50 bits per heavy atom. The summed E-state index contributed by atoms with van der Waals surface area (Å²) in [7, 11) is 0. The van der Waals surface area contributed by atoms with E-state index in [4.69, 9.17) is 10.4 Å². The third-order valence-electron chi connectivity index (χ3n) is 6.30. The number of piperidine rings is 1. The van der Waals surface area contributed by atoms with E-state index in [9.17, 15) is 4.79 Å². The van der Waals surface area contributed by atoms with Gasteiger partial charge in [0.15, 0.2) is 5.69 Å². The Balaban J connectivity index is 1.29. The summed E-state index contributed by atoms with van der Waals surface area (Å²) in [6, 6.07) is 20.0. The van der Waals surface area contributed by atoms with Gasteiger partial charge in [0.2, 0.25) is 11.6 Å². The molecule has 3 N–H and O–H groups in total. The van der Waals surface area contributed by atoms with Gasteiger partial charge in [-0.2, -0.15) is 9.78 Å². The summed E-state index contributed by atoms with van der Waals surface area (Å²) in [4.78, 5) is 15.3. The first-order valence-corrected chi connectivity index (χ1v) is 11.8. The molecule has 36 heavy (non-hydrogen) atoms. The Hall–Kier alpha value is -4.38. The Morgan fingerprint density at radius 1 is 1.08 bits per heavy atom. The zero-order valence-electron chi connectivity index (χ0n) is 19.7. The van der Waals surface area contributed by atoms with Gasteiger partial charge >= 0.3 is 0 Å². The van der Waals surface area contributed by atoms with Crippen molar-refractivity contribution in [3.8, 4) is 5.82 Å². The molecule has 0 radical (unpaired) electrons. The lowest BCUT2D eigenvalue weighted by Gasteiger charge is -2.32. The quantitative estimate of drug-likeness (QED) is 0.286. The van der Waals surface area contributed by atoms with E-state index in [1.54, 1.807) is 6.21 Å². The van der Waals surface area contributed by atoms with Crippen molar-refractivity contribution >= 4 is 17.9 Å². The average molecular weight is 486 g/mol. The number of nitrogens with one attached hydrogen (secondary N) is 1. The molecule has 0 aliphatic carbocycles. The van der Waals surface area contributed by atoms with Gasteiger partial charge in [0, 0.05) is 6.54 Å². The molecule has 3 heterocycles. The summed E-state index contributed by atoms with van der Waals surface area (Å²) in [6.45, 7) is 2.23. The molecule has 0 saturated carbocycles. The van der Waals surface area contributed by atoms with E-state index in [-0.39, 0.29) is 17.3 Å². The molecule has 2 aromatic heterocycles. The zero-order chi connectivity index (χ0) is 24.7. The smallest absolute Gasteiger partial charge is 0.293 e. The highest BCUT2D eigenvalue weighted by Crippen LogP contribution is 2.24. The average Bonchev–Trinajstić information content (AvgIpc) is 3.52. The fourth-order valence-electron chi connectivity index (χ4n) is 4.39. The number of nitrogens with zero attached hydrogens (tertiary/aromatic N) is 7. The molecule has 4 aromatic rings. The van der Waals surface area contributed by atoms with E-state index < -0.39 is 5.91 Å². The van der Waals surface area contributed by atoms with Crippen LogP contribution >= 0.6 is 0 Å². The molecule has 184 valence electrons.